The van der Waals surface area contributed by atoms with Crippen molar-refractivity contribution >= 4 is 5.91 Å². The molecule has 1 aromatic rings. The first kappa shape index (κ1) is 8.31. The number of H-pyrrole nitrogens is 1. The molecule has 13 heavy (non-hydrogen) atoms. The number of nitrogens with one attached hydrogen (secondary N) is 1. The number of carbonyl (C=O) groups is 1. The first-order valence-electron chi connectivity index (χ1n) is 4.38. The summed E-state index contributed by atoms with van der Waals surface area (Å²) in [6, 6.07) is 1.88. The molecular formula is C9H12N2O2. The highest BCUT2D eigenvalue weighted by molar-refractivity contribution is 5.93. The van der Waals surface area contributed by atoms with E-state index in [2.05, 4.69) is 4.98 Å². The van der Waals surface area contributed by atoms with E-state index in [1.54, 1.807) is 6.20 Å². The molecule has 0 saturated carbocycles. The summed E-state index contributed by atoms with van der Waals surface area (Å²) < 4.78 is 0. The van der Waals surface area contributed by atoms with Crippen LogP contribution in [-0.2, 0) is 4.84 Å². The molecule has 1 saturated heterocycles. The minimum absolute atomic E-state index is 0.0694. The number of hydrogen-bond acceptors (Lipinski definition) is 2. The summed E-state index contributed by atoms with van der Waals surface area (Å²) in [6.45, 7) is 3.24. The number of hydrogen-bond donors (Lipinski definition) is 1. The summed E-state index contributed by atoms with van der Waals surface area (Å²) in [5.41, 5.74) is 1.59. The fourth-order valence-electron chi connectivity index (χ4n) is 1.41. The van der Waals surface area contributed by atoms with Crippen LogP contribution in [0.3, 0.4) is 0 Å². The Morgan fingerprint density at radius 3 is 3.08 bits per heavy atom. The summed E-state index contributed by atoms with van der Waals surface area (Å²) >= 11 is 0. The van der Waals surface area contributed by atoms with E-state index in [1.165, 1.54) is 5.06 Å². The Bertz CT molecular complexity index is 313. The first-order chi connectivity index (χ1) is 6.29. The standard InChI is InChI=1S/C9H12N2O2/c1-7-3-4-10-8(7)9(12)11-5-2-6-13-11/h3-4,10H,2,5-6H2,1H3. The van der Waals surface area contributed by atoms with Crippen molar-refractivity contribution in [1.82, 2.24) is 10.0 Å². The van der Waals surface area contributed by atoms with Gasteiger partial charge in [0.2, 0.25) is 0 Å². The van der Waals surface area contributed by atoms with E-state index in [1.807, 2.05) is 13.0 Å². The second kappa shape index (κ2) is 3.22. The van der Waals surface area contributed by atoms with Gasteiger partial charge >= 0.3 is 0 Å². The number of amides is 1. The van der Waals surface area contributed by atoms with E-state index < -0.39 is 0 Å². The molecule has 1 aliphatic rings. The van der Waals surface area contributed by atoms with E-state index in [0.717, 1.165) is 12.0 Å². The SMILES string of the molecule is Cc1cc[nH]c1C(=O)N1CCCO1. The number of hydroxylamine groups is 2. The normalized spacial score (nSPS) is 16.5. The highest BCUT2D eigenvalue weighted by Crippen LogP contribution is 2.12. The van der Waals surface area contributed by atoms with Crippen LogP contribution in [0, 0.1) is 6.92 Å². The summed E-state index contributed by atoms with van der Waals surface area (Å²) in [6.07, 6.45) is 2.68. The lowest BCUT2D eigenvalue weighted by Gasteiger charge is -2.12. The molecule has 0 aliphatic carbocycles. The van der Waals surface area contributed by atoms with Crippen LogP contribution in [-0.4, -0.2) is 29.1 Å². The Balaban J connectivity index is 2.17. The third kappa shape index (κ3) is 1.45. The molecule has 0 bridgehead atoms. The molecule has 2 heterocycles. The van der Waals surface area contributed by atoms with Crippen molar-refractivity contribution in [2.45, 2.75) is 13.3 Å². The van der Waals surface area contributed by atoms with Crippen molar-refractivity contribution < 1.29 is 9.63 Å². The molecule has 4 nitrogen and oxygen atoms in total. The summed E-state index contributed by atoms with van der Waals surface area (Å²) in [7, 11) is 0. The Morgan fingerprint density at radius 1 is 1.69 bits per heavy atom. The van der Waals surface area contributed by atoms with E-state index in [4.69, 9.17) is 4.84 Å². The minimum Gasteiger partial charge on any atom is -0.357 e. The molecule has 4 heteroatoms. The lowest BCUT2D eigenvalue weighted by atomic mass is 10.2. The van der Waals surface area contributed by atoms with Gasteiger partial charge in [-0.2, -0.15) is 0 Å². The van der Waals surface area contributed by atoms with Gasteiger partial charge in [0.15, 0.2) is 0 Å². The zero-order valence-corrected chi connectivity index (χ0v) is 7.54. The largest absolute Gasteiger partial charge is 0.357 e. The van der Waals surface area contributed by atoms with Crippen molar-refractivity contribution in [2.24, 2.45) is 0 Å². The number of nitrogens with zero attached hydrogens (tertiary/aromatic N) is 1. The third-order valence-corrected chi connectivity index (χ3v) is 2.15. The van der Waals surface area contributed by atoms with E-state index in [9.17, 15) is 4.79 Å². The van der Waals surface area contributed by atoms with Gasteiger partial charge in [0.05, 0.1) is 13.2 Å². The van der Waals surface area contributed by atoms with Gasteiger partial charge in [-0.15, -0.1) is 0 Å². The van der Waals surface area contributed by atoms with E-state index >= 15 is 0 Å². The zero-order valence-electron chi connectivity index (χ0n) is 7.54. The minimum atomic E-state index is -0.0694. The van der Waals surface area contributed by atoms with Gasteiger partial charge in [-0.05, 0) is 25.0 Å². The highest BCUT2D eigenvalue weighted by atomic mass is 16.7. The molecule has 1 fully saturated rings. The predicted molar refractivity (Wildman–Crippen MR) is 47.1 cm³/mol. The molecule has 0 radical (unpaired) electrons. The van der Waals surface area contributed by atoms with Gasteiger partial charge in [0.1, 0.15) is 5.69 Å². The van der Waals surface area contributed by atoms with Crippen molar-refractivity contribution in [1.29, 1.82) is 0 Å². The maximum Gasteiger partial charge on any atom is 0.294 e. The second-order valence-electron chi connectivity index (χ2n) is 3.13. The Hall–Kier alpha value is -1.29. The van der Waals surface area contributed by atoms with Gasteiger partial charge in [-0.25, -0.2) is 5.06 Å². The predicted octanol–water partition coefficient (Wildman–Crippen LogP) is 1.10. The molecule has 0 atom stereocenters. The molecule has 0 spiro atoms. The molecule has 1 aliphatic heterocycles. The van der Waals surface area contributed by atoms with E-state index in [0.29, 0.717) is 18.8 Å². The van der Waals surface area contributed by atoms with Crippen LogP contribution in [0.4, 0.5) is 0 Å². The zero-order chi connectivity index (χ0) is 9.26. The van der Waals surface area contributed by atoms with Gasteiger partial charge < -0.3 is 4.98 Å². The highest BCUT2D eigenvalue weighted by Gasteiger charge is 2.22. The maximum atomic E-state index is 11.7. The molecule has 1 amide bonds. The number of aryl methyl sites for hydroxylation is 1. The quantitative estimate of drug-likeness (QED) is 0.703. The average molecular weight is 180 g/mol. The molecule has 2 rings (SSSR count). The van der Waals surface area contributed by atoms with E-state index in [-0.39, 0.29) is 5.91 Å². The van der Waals surface area contributed by atoms with Gasteiger partial charge in [0, 0.05) is 6.20 Å². The number of aromatic amines is 1. The van der Waals surface area contributed by atoms with Crippen LogP contribution in [0.5, 0.6) is 0 Å². The molecule has 0 aromatic carbocycles. The Kier molecular flexibility index (Phi) is 2.06. The topological polar surface area (TPSA) is 45.3 Å². The average Bonchev–Trinajstić information content (AvgIpc) is 2.72. The number of rotatable bonds is 1. The van der Waals surface area contributed by atoms with Crippen molar-refractivity contribution in [3.05, 3.63) is 23.5 Å². The smallest absolute Gasteiger partial charge is 0.294 e. The second-order valence-corrected chi connectivity index (χ2v) is 3.13. The Labute approximate surface area is 76.4 Å². The van der Waals surface area contributed by atoms with Crippen LogP contribution >= 0.6 is 0 Å². The lowest BCUT2D eigenvalue weighted by Crippen LogP contribution is -2.27. The van der Waals surface area contributed by atoms with Crippen LogP contribution in [0.15, 0.2) is 12.3 Å². The van der Waals surface area contributed by atoms with Crippen molar-refractivity contribution in [3.63, 3.8) is 0 Å². The summed E-state index contributed by atoms with van der Waals surface area (Å²) in [4.78, 5) is 19.8. The van der Waals surface area contributed by atoms with Gasteiger partial charge in [-0.3, -0.25) is 9.63 Å². The molecule has 1 aromatic heterocycles. The molecule has 1 N–H and O–H groups in total. The third-order valence-electron chi connectivity index (χ3n) is 2.15. The molecule has 0 unspecified atom stereocenters. The number of aromatic nitrogens is 1. The van der Waals surface area contributed by atoms with Crippen LogP contribution in [0.25, 0.3) is 0 Å². The number of carbonyl (C=O) groups excluding carboxylic acids is 1. The monoisotopic (exact) mass is 180 g/mol. The molecular weight excluding hydrogens is 168 g/mol. The Morgan fingerprint density at radius 2 is 2.54 bits per heavy atom. The fraction of sp³-hybridized carbons (Fsp3) is 0.444. The first-order valence-corrected chi connectivity index (χ1v) is 4.38. The van der Waals surface area contributed by atoms with Gasteiger partial charge in [-0.1, -0.05) is 0 Å². The van der Waals surface area contributed by atoms with Crippen molar-refractivity contribution in [2.75, 3.05) is 13.2 Å². The van der Waals surface area contributed by atoms with Crippen LogP contribution < -0.4 is 0 Å². The fourth-order valence-corrected chi connectivity index (χ4v) is 1.41. The van der Waals surface area contributed by atoms with Crippen LogP contribution in [0.2, 0.25) is 0 Å². The van der Waals surface area contributed by atoms with Crippen LogP contribution in [0.1, 0.15) is 22.5 Å². The summed E-state index contributed by atoms with van der Waals surface area (Å²) in [5.74, 6) is -0.0694. The molecule has 70 valence electrons. The van der Waals surface area contributed by atoms with Crippen molar-refractivity contribution in [3.8, 4) is 0 Å². The summed E-state index contributed by atoms with van der Waals surface area (Å²) in [5, 5.41) is 1.42. The lowest BCUT2D eigenvalue weighted by molar-refractivity contribution is -0.0771. The van der Waals surface area contributed by atoms with Gasteiger partial charge in [0.25, 0.3) is 5.91 Å². The maximum absolute atomic E-state index is 11.7.